The molecule has 3 fully saturated rings. The van der Waals surface area contributed by atoms with Crippen molar-refractivity contribution in [1.29, 1.82) is 0 Å². The first kappa shape index (κ1) is 14.9. The van der Waals surface area contributed by atoms with Crippen molar-refractivity contribution in [1.82, 2.24) is 5.32 Å². The molecule has 0 aromatic heterocycles. The van der Waals surface area contributed by atoms with Gasteiger partial charge in [0.2, 0.25) is 0 Å². The van der Waals surface area contributed by atoms with Crippen LogP contribution in [-0.4, -0.2) is 12.1 Å². The Labute approximate surface area is 126 Å². The van der Waals surface area contributed by atoms with E-state index in [4.69, 9.17) is 0 Å². The average molecular weight is 277 g/mol. The number of hydrogen-bond acceptors (Lipinski definition) is 1. The quantitative estimate of drug-likeness (QED) is 0.703. The smallest absolute Gasteiger partial charge is 0.00967 e. The highest BCUT2D eigenvalue weighted by Crippen LogP contribution is 2.61. The summed E-state index contributed by atoms with van der Waals surface area (Å²) in [6.45, 7) is 8.30. The van der Waals surface area contributed by atoms with E-state index >= 15 is 0 Å². The summed E-state index contributed by atoms with van der Waals surface area (Å²) in [7, 11) is 0. The molecule has 3 saturated carbocycles. The molecule has 3 aliphatic carbocycles. The molecule has 3 atom stereocenters. The highest BCUT2D eigenvalue weighted by Gasteiger charge is 2.54. The SMILES string of the molecule is CC(C)(C)NCC1(C2CCCCCC2)CC2CCC1C2. The second-order valence-electron chi connectivity index (χ2n) is 9.11. The molecule has 1 N–H and O–H groups in total. The van der Waals surface area contributed by atoms with Crippen LogP contribution in [0.2, 0.25) is 0 Å². The van der Waals surface area contributed by atoms with Crippen molar-refractivity contribution in [3.8, 4) is 0 Å². The van der Waals surface area contributed by atoms with Crippen molar-refractivity contribution in [2.45, 2.75) is 90.5 Å². The van der Waals surface area contributed by atoms with E-state index in [2.05, 4.69) is 26.1 Å². The van der Waals surface area contributed by atoms with E-state index in [-0.39, 0.29) is 5.54 Å². The van der Waals surface area contributed by atoms with Gasteiger partial charge in [0.05, 0.1) is 0 Å². The van der Waals surface area contributed by atoms with Gasteiger partial charge in [-0.3, -0.25) is 0 Å². The maximum atomic E-state index is 3.91. The first-order valence-corrected chi connectivity index (χ1v) is 9.25. The monoisotopic (exact) mass is 277 g/mol. The third kappa shape index (κ3) is 2.93. The normalized spacial score (nSPS) is 39.1. The van der Waals surface area contributed by atoms with Crippen LogP contribution in [-0.2, 0) is 0 Å². The molecule has 1 nitrogen and oxygen atoms in total. The van der Waals surface area contributed by atoms with Crippen LogP contribution >= 0.6 is 0 Å². The van der Waals surface area contributed by atoms with Gasteiger partial charge < -0.3 is 5.32 Å². The summed E-state index contributed by atoms with van der Waals surface area (Å²) < 4.78 is 0. The van der Waals surface area contributed by atoms with Crippen LogP contribution < -0.4 is 5.32 Å². The van der Waals surface area contributed by atoms with Crippen molar-refractivity contribution < 1.29 is 0 Å². The van der Waals surface area contributed by atoms with Gasteiger partial charge in [-0.1, -0.05) is 32.1 Å². The number of nitrogens with one attached hydrogen (secondary N) is 1. The molecule has 0 amide bonds. The topological polar surface area (TPSA) is 12.0 Å². The summed E-state index contributed by atoms with van der Waals surface area (Å²) in [6, 6.07) is 0. The Morgan fingerprint density at radius 1 is 0.900 bits per heavy atom. The summed E-state index contributed by atoms with van der Waals surface area (Å²) in [4.78, 5) is 0. The minimum absolute atomic E-state index is 0.277. The fourth-order valence-corrected chi connectivity index (χ4v) is 5.63. The molecule has 1 heteroatoms. The molecule has 0 aliphatic heterocycles. The molecular formula is C19H35N. The van der Waals surface area contributed by atoms with Crippen LogP contribution in [0.15, 0.2) is 0 Å². The first-order valence-electron chi connectivity index (χ1n) is 9.25. The van der Waals surface area contributed by atoms with Gasteiger partial charge in [0.15, 0.2) is 0 Å². The summed E-state index contributed by atoms with van der Waals surface area (Å²) in [5, 5.41) is 3.91. The van der Waals surface area contributed by atoms with Crippen LogP contribution in [0.4, 0.5) is 0 Å². The van der Waals surface area contributed by atoms with Crippen molar-refractivity contribution in [3.05, 3.63) is 0 Å². The lowest BCUT2D eigenvalue weighted by molar-refractivity contribution is 0.0547. The second-order valence-corrected chi connectivity index (χ2v) is 9.11. The van der Waals surface area contributed by atoms with Gasteiger partial charge in [-0.2, -0.15) is 0 Å². The van der Waals surface area contributed by atoms with Crippen molar-refractivity contribution in [3.63, 3.8) is 0 Å². The van der Waals surface area contributed by atoms with Crippen molar-refractivity contribution in [2.24, 2.45) is 23.2 Å². The van der Waals surface area contributed by atoms with Crippen LogP contribution in [0.1, 0.15) is 85.0 Å². The van der Waals surface area contributed by atoms with Gasteiger partial charge in [0.25, 0.3) is 0 Å². The average Bonchev–Trinajstić information content (AvgIpc) is 2.87. The fourth-order valence-electron chi connectivity index (χ4n) is 5.63. The van der Waals surface area contributed by atoms with Gasteiger partial charge in [0.1, 0.15) is 0 Å². The zero-order valence-electron chi connectivity index (χ0n) is 14.0. The van der Waals surface area contributed by atoms with Gasteiger partial charge in [-0.25, -0.2) is 0 Å². The van der Waals surface area contributed by atoms with Crippen LogP contribution in [0.3, 0.4) is 0 Å². The molecule has 20 heavy (non-hydrogen) atoms. The molecule has 0 heterocycles. The van der Waals surface area contributed by atoms with E-state index in [1.165, 1.54) is 57.9 Å². The maximum Gasteiger partial charge on any atom is 0.00967 e. The highest BCUT2D eigenvalue weighted by atomic mass is 15.0. The van der Waals surface area contributed by atoms with Crippen LogP contribution in [0.25, 0.3) is 0 Å². The first-order chi connectivity index (χ1) is 9.50. The summed E-state index contributed by atoms with van der Waals surface area (Å²) in [5.41, 5.74) is 0.945. The minimum Gasteiger partial charge on any atom is -0.311 e. The number of hydrogen-bond donors (Lipinski definition) is 1. The molecule has 116 valence electrons. The fraction of sp³-hybridized carbons (Fsp3) is 1.00. The van der Waals surface area contributed by atoms with Crippen LogP contribution in [0.5, 0.6) is 0 Å². The lowest BCUT2D eigenvalue weighted by Crippen LogP contribution is -2.49. The predicted molar refractivity (Wildman–Crippen MR) is 86.8 cm³/mol. The number of fused-ring (bicyclic) bond motifs is 2. The van der Waals surface area contributed by atoms with E-state index in [9.17, 15) is 0 Å². The predicted octanol–water partition coefficient (Wildman–Crippen LogP) is 5.15. The van der Waals surface area contributed by atoms with E-state index in [0.29, 0.717) is 5.41 Å². The molecule has 0 aromatic rings. The summed E-state index contributed by atoms with van der Waals surface area (Å²) in [6.07, 6.45) is 15.2. The lowest BCUT2D eigenvalue weighted by atomic mass is 9.62. The number of rotatable bonds is 3. The third-order valence-electron chi connectivity index (χ3n) is 6.64. The van der Waals surface area contributed by atoms with Gasteiger partial charge in [0, 0.05) is 12.1 Å². The Morgan fingerprint density at radius 3 is 2.10 bits per heavy atom. The Bertz CT molecular complexity index is 321. The van der Waals surface area contributed by atoms with E-state index in [0.717, 1.165) is 17.8 Å². The zero-order valence-corrected chi connectivity index (χ0v) is 14.0. The van der Waals surface area contributed by atoms with E-state index in [1.54, 1.807) is 12.8 Å². The molecule has 3 aliphatic rings. The van der Waals surface area contributed by atoms with Crippen molar-refractivity contribution in [2.75, 3.05) is 6.54 Å². The zero-order chi connectivity index (χ0) is 14.2. The standard InChI is InChI=1S/C19H35N/c1-18(2,3)20-14-19(13-15-10-11-17(19)12-15)16-8-6-4-5-7-9-16/h15-17,20H,4-14H2,1-3H3. The minimum atomic E-state index is 0.277. The molecule has 0 radical (unpaired) electrons. The maximum absolute atomic E-state index is 3.91. The largest absolute Gasteiger partial charge is 0.311 e. The molecule has 0 spiro atoms. The highest BCUT2D eigenvalue weighted by molar-refractivity contribution is 5.05. The Morgan fingerprint density at radius 2 is 1.60 bits per heavy atom. The van der Waals surface area contributed by atoms with Crippen molar-refractivity contribution >= 4 is 0 Å². The second kappa shape index (κ2) is 5.63. The Kier molecular flexibility index (Phi) is 4.19. The molecular weight excluding hydrogens is 242 g/mol. The van der Waals surface area contributed by atoms with Gasteiger partial charge in [-0.15, -0.1) is 0 Å². The van der Waals surface area contributed by atoms with E-state index in [1.807, 2.05) is 0 Å². The van der Waals surface area contributed by atoms with Gasteiger partial charge >= 0.3 is 0 Å². The molecule has 0 aromatic carbocycles. The van der Waals surface area contributed by atoms with Crippen LogP contribution in [0, 0.1) is 23.2 Å². The lowest BCUT2D eigenvalue weighted by Gasteiger charge is -2.46. The summed E-state index contributed by atoms with van der Waals surface area (Å²) in [5.74, 6) is 3.14. The molecule has 2 bridgehead atoms. The molecule has 3 rings (SSSR count). The molecule has 3 unspecified atom stereocenters. The molecule has 0 saturated heterocycles. The Hall–Kier alpha value is -0.0400. The van der Waals surface area contributed by atoms with E-state index < -0.39 is 0 Å². The summed E-state index contributed by atoms with van der Waals surface area (Å²) >= 11 is 0. The third-order valence-corrected chi connectivity index (χ3v) is 6.64. The Balaban J connectivity index is 1.76. The van der Waals surface area contributed by atoms with Gasteiger partial charge in [-0.05, 0) is 76.0 Å².